The van der Waals surface area contributed by atoms with E-state index in [1.165, 1.54) is 0 Å². The Hall–Kier alpha value is -2.91. The summed E-state index contributed by atoms with van der Waals surface area (Å²) in [7, 11) is 1.63. The molecule has 0 spiro atoms. The molecule has 168 valence electrons. The van der Waals surface area contributed by atoms with Crippen molar-refractivity contribution in [2.24, 2.45) is 0 Å². The normalized spacial score (nSPS) is 14.5. The molecule has 0 saturated carbocycles. The Kier molecular flexibility index (Phi) is 7.29. The summed E-state index contributed by atoms with van der Waals surface area (Å²) in [6, 6.07) is 21.4. The number of nitrogens with one attached hydrogen (secondary N) is 1. The largest absolute Gasteiger partial charge is 0.496 e. The van der Waals surface area contributed by atoms with Crippen molar-refractivity contribution in [1.29, 1.82) is 0 Å². The molecule has 1 N–H and O–H groups in total. The van der Waals surface area contributed by atoms with Crippen LogP contribution in [-0.2, 0) is 17.8 Å². The molecule has 0 atom stereocenters. The third-order valence-corrected chi connectivity index (χ3v) is 6.32. The molecule has 1 heterocycles. The van der Waals surface area contributed by atoms with E-state index in [1.807, 2.05) is 66.7 Å². The fraction of sp³-hybridized carbons (Fsp3) is 0.154. The van der Waals surface area contributed by atoms with E-state index in [0.717, 1.165) is 43.9 Å². The van der Waals surface area contributed by atoms with Crippen LogP contribution in [0.15, 0.2) is 72.4 Å². The van der Waals surface area contributed by atoms with Gasteiger partial charge < -0.3 is 14.8 Å². The fourth-order valence-corrected chi connectivity index (χ4v) is 4.29. The smallest absolute Gasteiger partial charge is 0.281 e. The van der Waals surface area contributed by atoms with E-state index < -0.39 is 0 Å². The first-order valence-corrected chi connectivity index (χ1v) is 12.0. The number of carbonyl (C=O) groups is 1. The van der Waals surface area contributed by atoms with E-state index >= 15 is 0 Å². The number of halogens is 1. The van der Waals surface area contributed by atoms with Crippen molar-refractivity contribution < 1.29 is 14.3 Å². The lowest BCUT2D eigenvalue weighted by atomic mass is 10.1. The number of anilines is 1. The van der Waals surface area contributed by atoms with Gasteiger partial charge >= 0.3 is 0 Å². The molecular weight excluding hydrogens is 547 g/mol. The number of nitrogens with zero attached hydrogens (tertiary/aromatic N) is 1. The van der Waals surface area contributed by atoms with Gasteiger partial charge in [0.05, 0.1) is 12.8 Å². The topological polar surface area (TPSA) is 50.8 Å². The standard InChI is InChI=1S/C26H23IN2O3S/c1-3-18-6-4-5-7-23(18)29-25(30)22(28-26(29)33)15-17-8-13-24(31-2)19(14-17)16-32-21-11-9-20(27)10-12-21/h4-15H,3,16H2,1-2H3,(H,28,33)/b22-15+. The molecule has 1 amide bonds. The number of methoxy groups -OCH3 is 1. The number of thiocarbonyl (C=S) groups is 1. The van der Waals surface area contributed by atoms with Crippen LogP contribution in [-0.4, -0.2) is 18.1 Å². The zero-order valence-electron chi connectivity index (χ0n) is 18.3. The molecule has 0 aromatic heterocycles. The van der Waals surface area contributed by atoms with Gasteiger partial charge in [-0.05, 0) is 101 Å². The van der Waals surface area contributed by atoms with Gasteiger partial charge in [0.15, 0.2) is 5.11 Å². The van der Waals surface area contributed by atoms with Crippen molar-refractivity contribution in [3.05, 3.63) is 92.7 Å². The van der Waals surface area contributed by atoms with Crippen LogP contribution in [0.4, 0.5) is 5.69 Å². The Morgan fingerprint density at radius 2 is 1.82 bits per heavy atom. The molecule has 0 bridgehead atoms. The minimum Gasteiger partial charge on any atom is -0.496 e. The zero-order valence-corrected chi connectivity index (χ0v) is 21.3. The Morgan fingerprint density at radius 1 is 1.06 bits per heavy atom. The summed E-state index contributed by atoms with van der Waals surface area (Å²) in [6.45, 7) is 2.40. The second-order valence-corrected chi connectivity index (χ2v) is 9.06. The second-order valence-electron chi connectivity index (χ2n) is 7.42. The summed E-state index contributed by atoms with van der Waals surface area (Å²) in [5.41, 5.74) is 4.04. The first-order valence-electron chi connectivity index (χ1n) is 10.5. The van der Waals surface area contributed by atoms with E-state index in [9.17, 15) is 4.79 Å². The maximum absolute atomic E-state index is 13.2. The van der Waals surface area contributed by atoms with Crippen molar-refractivity contribution >= 4 is 57.6 Å². The lowest BCUT2D eigenvalue weighted by Crippen LogP contribution is -2.31. The van der Waals surface area contributed by atoms with Gasteiger partial charge in [-0.2, -0.15) is 0 Å². The SMILES string of the molecule is CCc1ccccc1N1C(=O)/C(=C\c2ccc(OC)c(COc3ccc(I)cc3)c2)NC1=S. The molecule has 3 aromatic carbocycles. The molecule has 1 saturated heterocycles. The Balaban J connectivity index is 1.58. The zero-order chi connectivity index (χ0) is 23.4. The number of benzene rings is 3. The van der Waals surface area contributed by atoms with Gasteiger partial charge in [-0.15, -0.1) is 0 Å². The Bertz CT molecular complexity index is 1220. The number of ether oxygens (including phenoxy) is 2. The maximum atomic E-state index is 13.2. The summed E-state index contributed by atoms with van der Waals surface area (Å²) in [4.78, 5) is 14.8. The van der Waals surface area contributed by atoms with Crippen LogP contribution in [0.3, 0.4) is 0 Å². The Labute approximate surface area is 212 Å². The van der Waals surface area contributed by atoms with Crippen molar-refractivity contribution in [3.63, 3.8) is 0 Å². The van der Waals surface area contributed by atoms with Crippen LogP contribution in [0, 0.1) is 3.57 Å². The molecule has 0 aliphatic carbocycles. The Morgan fingerprint density at radius 3 is 2.55 bits per heavy atom. The fourth-order valence-electron chi connectivity index (χ4n) is 3.64. The summed E-state index contributed by atoms with van der Waals surface area (Å²) in [5.74, 6) is 1.33. The quantitative estimate of drug-likeness (QED) is 0.224. The number of rotatable bonds is 7. The summed E-state index contributed by atoms with van der Waals surface area (Å²) in [6.07, 6.45) is 2.61. The van der Waals surface area contributed by atoms with E-state index in [2.05, 4.69) is 34.8 Å². The molecule has 1 aliphatic heterocycles. The predicted octanol–water partition coefficient (Wildman–Crippen LogP) is 5.70. The van der Waals surface area contributed by atoms with Crippen molar-refractivity contribution in [3.8, 4) is 11.5 Å². The monoisotopic (exact) mass is 570 g/mol. The highest BCUT2D eigenvalue weighted by Gasteiger charge is 2.32. The molecule has 1 fully saturated rings. The van der Waals surface area contributed by atoms with Crippen LogP contribution < -0.4 is 19.7 Å². The molecule has 0 radical (unpaired) electrons. The van der Waals surface area contributed by atoms with E-state index in [4.69, 9.17) is 21.7 Å². The summed E-state index contributed by atoms with van der Waals surface area (Å²) < 4.78 is 12.6. The van der Waals surface area contributed by atoms with Crippen LogP contribution in [0.1, 0.15) is 23.6 Å². The molecule has 0 unspecified atom stereocenters. The molecule has 1 aliphatic rings. The minimum atomic E-state index is -0.173. The van der Waals surface area contributed by atoms with Gasteiger partial charge in [0.1, 0.15) is 23.8 Å². The van der Waals surface area contributed by atoms with Crippen LogP contribution >= 0.6 is 34.8 Å². The van der Waals surface area contributed by atoms with Gasteiger partial charge in [-0.1, -0.05) is 31.2 Å². The van der Waals surface area contributed by atoms with Gasteiger partial charge in [0.2, 0.25) is 0 Å². The highest BCUT2D eigenvalue weighted by atomic mass is 127. The van der Waals surface area contributed by atoms with Crippen molar-refractivity contribution in [2.45, 2.75) is 20.0 Å². The number of amides is 1. The number of para-hydroxylation sites is 1. The highest BCUT2D eigenvalue weighted by molar-refractivity contribution is 14.1. The third-order valence-electron chi connectivity index (χ3n) is 5.32. The van der Waals surface area contributed by atoms with Crippen LogP contribution in [0.2, 0.25) is 0 Å². The minimum absolute atomic E-state index is 0.173. The average Bonchev–Trinajstić information content (AvgIpc) is 3.11. The molecule has 33 heavy (non-hydrogen) atoms. The number of carbonyl (C=O) groups excluding carboxylic acids is 1. The van der Waals surface area contributed by atoms with Gasteiger partial charge in [-0.25, -0.2) is 0 Å². The van der Waals surface area contributed by atoms with Crippen molar-refractivity contribution in [1.82, 2.24) is 5.32 Å². The summed E-state index contributed by atoms with van der Waals surface area (Å²) >= 11 is 7.74. The average molecular weight is 570 g/mol. The summed E-state index contributed by atoms with van der Waals surface area (Å²) in [5, 5.41) is 3.45. The highest BCUT2D eigenvalue weighted by Crippen LogP contribution is 2.28. The maximum Gasteiger partial charge on any atom is 0.281 e. The van der Waals surface area contributed by atoms with Crippen LogP contribution in [0.25, 0.3) is 6.08 Å². The third kappa shape index (κ3) is 5.20. The molecule has 4 rings (SSSR count). The molecule has 3 aromatic rings. The lowest BCUT2D eigenvalue weighted by molar-refractivity contribution is -0.113. The molecule has 7 heteroatoms. The van der Waals surface area contributed by atoms with Crippen molar-refractivity contribution in [2.75, 3.05) is 12.0 Å². The molecular formula is C26H23IN2O3S. The van der Waals surface area contributed by atoms with E-state index in [1.54, 1.807) is 18.1 Å². The van der Waals surface area contributed by atoms with E-state index in [0.29, 0.717) is 17.4 Å². The predicted molar refractivity (Wildman–Crippen MR) is 144 cm³/mol. The van der Waals surface area contributed by atoms with Gasteiger partial charge in [0, 0.05) is 9.13 Å². The first-order chi connectivity index (χ1) is 16.0. The number of aryl methyl sites for hydroxylation is 1. The van der Waals surface area contributed by atoms with Gasteiger partial charge in [-0.3, -0.25) is 9.69 Å². The molecule has 5 nitrogen and oxygen atoms in total. The number of hydrogen-bond acceptors (Lipinski definition) is 4. The van der Waals surface area contributed by atoms with Gasteiger partial charge in [0.25, 0.3) is 5.91 Å². The number of hydrogen-bond donors (Lipinski definition) is 1. The van der Waals surface area contributed by atoms with Crippen LogP contribution in [0.5, 0.6) is 11.5 Å². The second kappa shape index (κ2) is 10.4. The lowest BCUT2D eigenvalue weighted by Gasteiger charge is -2.17. The van der Waals surface area contributed by atoms with E-state index in [-0.39, 0.29) is 5.91 Å². The first kappa shape index (κ1) is 23.3.